The number of benzene rings is 2. The van der Waals surface area contributed by atoms with Crippen LogP contribution < -0.4 is 16.2 Å². The maximum atomic E-state index is 13.8. The van der Waals surface area contributed by atoms with Gasteiger partial charge in [-0.1, -0.05) is 12.8 Å². The fraction of sp³-hybridized carbons (Fsp3) is 0.433. The molecule has 0 bridgehead atoms. The van der Waals surface area contributed by atoms with Crippen molar-refractivity contribution >= 4 is 34.1 Å². The van der Waals surface area contributed by atoms with Crippen LogP contribution in [0.3, 0.4) is 0 Å². The Bertz CT molecular complexity index is 1610. The van der Waals surface area contributed by atoms with Gasteiger partial charge in [0.2, 0.25) is 5.56 Å². The predicted octanol–water partition coefficient (Wildman–Crippen LogP) is 4.08. The SMILES string of the molecule is O=C(N[C@H]1CCCC[C@H]1Nc1c(C(=O)N2CCOCC2)cc(C2CC2)cc1[N+](=O)[O-])c1cc(=O)[nH]c2cc(F)ccc12. The molecule has 42 heavy (non-hydrogen) atoms. The summed E-state index contributed by atoms with van der Waals surface area (Å²) >= 11 is 0. The quantitative estimate of drug-likeness (QED) is 0.283. The molecule has 2 heterocycles. The number of aromatic nitrogens is 1. The molecule has 11 nitrogen and oxygen atoms in total. The molecule has 3 aromatic rings. The van der Waals surface area contributed by atoms with Gasteiger partial charge in [0.1, 0.15) is 11.5 Å². The van der Waals surface area contributed by atoms with Gasteiger partial charge in [0.05, 0.1) is 34.8 Å². The number of nitro groups is 1. The van der Waals surface area contributed by atoms with Gasteiger partial charge in [-0.05, 0) is 61.4 Å². The Balaban J connectivity index is 1.33. The molecule has 2 aromatic carbocycles. The van der Waals surface area contributed by atoms with E-state index in [0.717, 1.165) is 37.3 Å². The smallest absolute Gasteiger partial charge is 0.293 e. The summed E-state index contributed by atoms with van der Waals surface area (Å²) < 4.78 is 19.2. The average molecular weight is 578 g/mol. The number of carbonyl (C=O) groups excluding carboxylic acids is 2. The molecule has 2 atom stereocenters. The van der Waals surface area contributed by atoms with E-state index in [0.29, 0.717) is 44.5 Å². The fourth-order valence-corrected chi connectivity index (χ4v) is 6.03. The van der Waals surface area contributed by atoms with Gasteiger partial charge in [0.25, 0.3) is 17.5 Å². The number of H-pyrrole nitrogens is 1. The van der Waals surface area contributed by atoms with E-state index in [1.807, 2.05) is 0 Å². The van der Waals surface area contributed by atoms with E-state index in [-0.39, 0.29) is 39.8 Å². The lowest BCUT2D eigenvalue weighted by molar-refractivity contribution is -0.384. The van der Waals surface area contributed by atoms with Crippen molar-refractivity contribution in [1.82, 2.24) is 15.2 Å². The molecule has 3 N–H and O–H groups in total. The molecule has 3 fully saturated rings. The number of halogens is 1. The number of nitrogens with one attached hydrogen (secondary N) is 3. The van der Waals surface area contributed by atoms with Gasteiger partial charge >= 0.3 is 0 Å². The number of amides is 2. The van der Waals surface area contributed by atoms with Crippen LogP contribution in [0.1, 0.15) is 70.7 Å². The van der Waals surface area contributed by atoms with E-state index in [1.165, 1.54) is 18.2 Å². The van der Waals surface area contributed by atoms with Crippen LogP contribution in [-0.2, 0) is 4.74 Å². The van der Waals surface area contributed by atoms with Crippen molar-refractivity contribution in [2.24, 2.45) is 0 Å². The molecule has 6 rings (SSSR count). The Hall–Kier alpha value is -4.32. The molecule has 3 aliphatic rings. The van der Waals surface area contributed by atoms with E-state index in [1.54, 1.807) is 17.0 Å². The third-order valence-corrected chi connectivity index (χ3v) is 8.38. The van der Waals surface area contributed by atoms with Crippen LogP contribution in [0.4, 0.5) is 15.8 Å². The lowest BCUT2D eigenvalue weighted by atomic mass is 9.89. The highest BCUT2D eigenvalue weighted by molar-refractivity contribution is 6.06. The van der Waals surface area contributed by atoms with E-state index in [2.05, 4.69) is 15.6 Å². The molecule has 2 aliphatic carbocycles. The Morgan fingerprint density at radius 1 is 1.00 bits per heavy atom. The first-order chi connectivity index (χ1) is 20.3. The number of hydrogen-bond donors (Lipinski definition) is 3. The highest BCUT2D eigenvalue weighted by Crippen LogP contribution is 2.44. The number of anilines is 1. The zero-order chi connectivity index (χ0) is 29.4. The van der Waals surface area contributed by atoms with Crippen LogP contribution in [0, 0.1) is 15.9 Å². The Labute approximate surface area is 240 Å². The second-order valence-electron chi connectivity index (χ2n) is 11.3. The number of hydrogen-bond acceptors (Lipinski definition) is 7. The van der Waals surface area contributed by atoms with Crippen molar-refractivity contribution in [2.75, 3.05) is 31.6 Å². The highest BCUT2D eigenvalue weighted by atomic mass is 19.1. The Kier molecular flexibility index (Phi) is 7.63. The van der Waals surface area contributed by atoms with E-state index >= 15 is 0 Å². The lowest BCUT2D eigenvalue weighted by Crippen LogP contribution is -2.49. The summed E-state index contributed by atoms with van der Waals surface area (Å²) in [5.74, 6) is -1.12. The van der Waals surface area contributed by atoms with Gasteiger partial charge in [0, 0.05) is 42.7 Å². The molecular weight excluding hydrogens is 545 g/mol. The topological polar surface area (TPSA) is 147 Å². The van der Waals surface area contributed by atoms with Gasteiger partial charge in [-0.3, -0.25) is 24.5 Å². The zero-order valence-electron chi connectivity index (χ0n) is 23.0. The van der Waals surface area contributed by atoms with E-state index in [4.69, 9.17) is 4.74 Å². The minimum Gasteiger partial charge on any atom is -0.378 e. The van der Waals surface area contributed by atoms with Gasteiger partial charge in [-0.25, -0.2) is 4.39 Å². The number of pyridine rings is 1. The average Bonchev–Trinajstić information content (AvgIpc) is 3.83. The minimum absolute atomic E-state index is 0.112. The normalized spacial score (nSPS) is 20.7. The lowest BCUT2D eigenvalue weighted by Gasteiger charge is -2.34. The van der Waals surface area contributed by atoms with Crippen molar-refractivity contribution in [3.63, 3.8) is 0 Å². The summed E-state index contributed by atoms with van der Waals surface area (Å²) in [7, 11) is 0. The van der Waals surface area contributed by atoms with Crippen molar-refractivity contribution in [3.8, 4) is 0 Å². The first kappa shape index (κ1) is 27.8. The molecule has 1 saturated heterocycles. The molecule has 0 unspecified atom stereocenters. The number of nitrogens with zero attached hydrogens (tertiary/aromatic N) is 2. The first-order valence-corrected chi connectivity index (χ1v) is 14.4. The summed E-state index contributed by atoms with van der Waals surface area (Å²) in [5, 5.41) is 19.1. The third-order valence-electron chi connectivity index (χ3n) is 8.38. The van der Waals surface area contributed by atoms with E-state index in [9.17, 15) is 28.9 Å². The minimum atomic E-state index is -0.538. The fourth-order valence-electron chi connectivity index (χ4n) is 6.03. The third kappa shape index (κ3) is 5.71. The standard InChI is InChI=1S/C30H32FN5O6/c31-19-7-8-20-21(16-27(37)32-25(20)15-19)29(38)34-24-4-2-1-3-23(24)33-28-22(30(39)35-9-11-42-12-10-35)13-18(17-5-6-17)14-26(28)36(40)41/h7-8,13-17,23-24,33H,1-6,9-12H2,(H,32,37)(H,34,38)/t23-,24+/m1/s1. The van der Waals surface area contributed by atoms with Crippen molar-refractivity contribution in [3.05, 3.63) is 79.4 Å². The van der Waals surface area contributed by atoms with Crippen LogP contribution >= 0.6 is 0 Å². The monoisotopic (exact) mass is 577 g/mol. The Morgan fingerprint density at radius 3 is 2.45 bits per heavy atom. The summed E-state index contributed by atoms with van der Waals surface area (Å²) in [6.45, 7) is 1.60. The molecule has 2 amide bonds. The number of fused-ring (bicyclic) bond motifs is 1. The Morgan fingerprint density at radius 2 is 1.74 bits per heavy atom. The molecular formula is C30H32FN5O6. The largest absolute Gasteiger partial charge is 0.378 e. The first-order valence-electron chi connectivity index (χ1n) is 14.4. The van der Waals surface area contributed by atoms with Crippen molar-refractivity contribution in [1.29, 1.82) is 0 Å². The van der Waals surface area contributed by atoms with Crippen molar-refractivity contribution in [2.45, 2.75) is 56.5 Å². The molecule has 1 aromatic heterocycles. The number of nitro benzene ring substituents is 1. The summed E-state index contributed by atoms with van der Waals surface area (Å²) in [4.78, 5) is 55.5. The second-order valence-corrected chi connectivity index (χ2v) is 11.3. The molecule has 2 saturated carbocycles. The van der Waals surface area contributed by atoms with Gasteiger partial charge in [-0.15, -0.1) is 0 Å². The van der Waals surface area contributed by atoms with Crippen LogP contribution in [0.15, 0.2) is 41.2 Å². The summed E-state index contributed by atoms with van der Waals surface area (Å²) in [5.41, 5.74) is 0.832. The van der Waals surface area contributed by atoms with Crippen LogP contribution in [-0.4, -0.2) is 65.0 Å². The number of rotatable bonds is 7. The van der Waals surface area contributed by atoms with Crippen LogP contribution in [0.2, 0.25) is 0 Å². The summed E-state index contributed by atoms with van der Waals surface area (Å²) in [6, 6.07) is 7.51. The van der Waals surface area contributed by atoms with Gasteiger partial charge in [0.15, 0.2) is 0 Å². The number of ether oxygens (including phenoxy) is 1. The van der Waals surface area contributed by atoms with E-state index < -0.39 is 34.3 Å². The van der Waals surface area contributed by atoms with Crippen LogP contribution in [0.25, 0.3) is 10.9 Å². The molecule has 0 spiro atoms. The maximum absolute atomic E-state index is 13.8. The number of aromatic amines is 1. The van der Waals surface area contributed by atoms with Gasteiger partial charge in [-0.2, -0.15) is 0 Å². The zero-order valence-corrected chi connectivity index (χ0v) is 23.0. The molecule has 1 aliphatic heterocycles. The maximum Gasteiger partial charge on any atom is 0.293 e. The second kappa shape index (κ2) is 11.5. The molecule has 12 heteroatoms. The number of morpholine rings is 1. The summed E-state index contributed by atoms with van der Waals surface area (Å²) in [6.07, 6.45) is 4.72. The van der Waals surface area contributed by atoms with Crippen LogP contribution in [0.5, 0.6) is 0 Å². The highest BCUT2D eigenvalue weighted by Gasteiger charge is 2.35. The number of carbonyl (C=O) groups is 2. The van der Waals surface area contributed by atoms with Gasteiger partial charge < -0.3 is 25.3 Å². The van der Waals surface area contributed by atoms with Crippen molar-refractivity contribution < 1.29 is 23.6 Å². The molecule has 0 radical (unpaired) electrons. The molecule has 220 valence electrons. The predicted molar refractivity (Wildman–Crippen MR) is 153 cm³/mol.